The van der Waals surface area contributed by atoms with Gasteiger partial charge >= 0.3 is 0 Å². The Morgan fingerprint density at radius 2 is 2.00 bits per heavy atom. The second-order valence-corrected chi connectivity index (χ2v) is 11.6. The number of hydrogen-bond acceptors (Lipinski definition) is 8. The highest BCUT2D eigenvalue weighted by Crippen LogP contribution is 2.37. The summed E-state index contributed by atoms with van der Waals surface area (Å²) in [6, 6.07) is 8.42. The van der Waals surface area contributed by atoms with E-state index in [2.05, 4.69) is 50.4 Å². The van der Waals surface area contributed by atoms with Crippen LogP contribution in [0.5, 0.6) is 0 Å². The van der Waals surface area contributed by atoms with E-state index < -0.39 is 5.41 Å². The second kappa shape index (κ2) is 10.3. The molecule has 0 spiro atoms. The Hall–Kier alpha value is -2.92. The van der Waals surface area contributed by atoms with Crippen molar-refractivity contribution in [1.82, 2.24) is 24.9 Å². The Kier molecular flexibility index (Phi) is 7.25. The van der Waals surface area contributed by atoms with Crippen molar-refractivity contribution in [1.29, 1.82) is 0 Å². The Bertz CT molecular complexity index is 1510. The zero-order valence-corrected chi connectivity index (χ0v) is 23.4. The number of nitrogen functional groups attached to an aromatic ring is 1. The Morgan fingerprint density at radius 3 is 2.71 bits per heavy atom. The summed E-state index contributed by atoms with van der Waals surface area (Å²) in [6.07, 6.45) is 5.66. The van der Waals surface area contributed by atoms with Crippen molar-refractivity contribution in [3.05, 3.63) is 52.4 Å². The Labute approximate surface area is 229 Å². The molecule has 4 aromatic rings. The summed E-state index contributed by atoms with van der Waals surface area (Å²) in [5.74, 6) is 0.617. The van der Waals surface area contributed by atoms with Gasteiger partial charge in [-0.15, -0.1) is 0 Å². The lowest BCUT2D eigenvalue weighted by Gasteiger charge is -2.39. The average molecular weight is 582 g/mol. The minimum absolute atomic E-state index is 0.0896. The van der Waals surface area contributed by atoms with Crippen LogP contribution in [0.25, 0.3) is 27.7 Å². The van der Waals surface area contributed by atoms with Crippen LogP contribution in [0.3, 0.4) is 0 Å². The molecule has 38 heavy (non-hydrogen) atoms. The van der Waals surface area contributed by atoms with Gasteiger partial charge in [0.15, 0.2) is 5.65 Å². The number of aliphatic hydroxyl groups is 2. The number of benzene rings is 1. The van der Waals surface area contributed by atoms with E-state index in [0.717, 1.165) is 40.6 Å². The molecule has 1 unspecified atom stereocenters. The number of hydrogen-bond donors (Lipinski definition) is 4. The number of nitrogens with zero attached hydrogens (tertiary/aromatic N) is 4. The molecule has 0 radical (unpaired) electrons. The van der Waals surface area contributed by atoms with Gasteiger partial charge in [0.2, 0.25) is 0 Å². The molecule has 0 amide bonds. The van der Waals surface area contributed by atoms with Crippen LogP contribution in [0, 0.1) is 18.3 Å². The van der Waals surface area contributed by atoms with Gasteiger partial charge in [-0.3, -0.25) is 9.78 Å². The zero-order chi connectivity index (χ0) is 27.2. The molecule has 3 aromatic heterocycles. The van der Waals surface area contributed by atoms with E-state index in [1.165, 1.54) is 5.56 Å². The number of rotatable bonds is 9. The maximum absolute atomic E-state index is 12.5. The van der Waals surface area contributed by atoms with Crippen LogP contribution in [0.2, 0.25) is 0 Å². The quantitative estimate of drug-likeness (QED) is 0.233. The van der Waals surface area contributed by atoms with Crippen LogP contribution >= 0.6 is 15.9 Å². The molecule has 1 aliphatic rings. The fraction of sp³-hybridized carbons (Fsp3) is 0.429. The first-order valence-electron chi connectivity index (χ1n) is 12.8. The van der Waals surface area contributed by atoms with Gasteiger partial charge in [-0.05, 0) is 73.7 Å². The summed E-state index contributed by atoms with van der Waals surface area (Å²) < 4.78 is 2.33. The van der Waals surface area contributed by atoms with Gasteiger partial charge in [-0.1, -0.05) is 11.6 Å². The molecular formula is C28H33BrN6O3. The number of aryl methyl sites for hydroxylation is 1. The van der Waals surface area contributed by atoms with Crippen molar-refractivity contribution in [2.24, 2.45) is 11.3 Å². The summed E-state index contributed by atoms with van der Waals surface area (Å²) in [5, 5.41) is 28.1. The Balaban J connectivity index is 1.35. The van der Waals surface area contributed by atoms with Crippen molar-refractivity contribution in [3.63, 3.8) is 0 Å². The molecule has 0 saturated heterocycles. The number of nitrogens with two attached hydrogens (primary N) is 1. The molecule has 0 aliphatic heterocycles. The smallest absolute Gasteiger partial charge is 0.165 e. The number of nitrogens with one attached hydrogen (secondary N) is 1. The first kappa shape index (κ1) is 26.7. The fourth-order valence-electron chi connectivity index (χ4n) is 5.11. The molecule has 1 atom stereocenters. The molecule has 3 heterocycles. The van der Waals surface area contributed by atoms with Crippen LogP contribution in [0.4, 0.5) is 5.82 Å². The standard InChI is InChI=1S/C28H33BrN6O3/c1-15-4-5-22-18(6-15)10-19(11-31-22)21-12-32-35-26(30)24(29)25(34-27(21)35)16(2)33-20-7-17(8-20)9-23(38)28(3,13-36)14-37/h4-6,10-12,16-17,20,33,36-37H,7-9,13-14,30H2,1-3H3. The van der Waals surface area contributed by atoms with E-state index in [0.29, 0.717) is 22.4 Å². The molecule has 1 fully saturated rings. The Morgan fingerprint density at radius 1 is 1.26 bits per heavy atom. The minimum atomic E-state index is -1.07. The molecule has 5 rings (SSSR count). The van der Waals surface area contributed by atoms with E-state index in [1.54, 1.807) is 17.6 Å². The molecule has 9 nitrogen and oxygen atoms in total. The van der Waals surface area contributed by atoms with Gasteiger partial charge in [-0.25, -0.2) is 4.98 Å². The van der Waals surface area contributed by atoms with Gasteiger partial charge in [-0.2, -0.15) is 9.61 Å². The number of pyridine rings is 1. The van der Waals surface area contributed by atoms with Crippen LogP contribution in [-0.2, 0) is 4.79 Å². The second-order valence-electron chi connectivity index (χ2n) is 10.8. The number of anilines is 1. The highest BCUT2D eigenvalue weighted by molar-refractivity contribution is 9.10. The van der Waals surface area contributed by atoms with Crippen LogP contribution in [-0.4, -0.2) is 54.8 Å². The van der Waals surface area contributed by atoms with E-state index in [4.69, 9.17) is 10.7 Å². The van der Waals surface area contributed by atoms with E-state index >= 15 is 0 Å². The predicted octanol–water partition coefficient (Wildman–Crippen LogP) is 3.98. The lowest BCUT2D eigenvalue weighted by molar-refractivity contribution is -0.134. The monoisotopic (exact) mass is 580 g/mol. The highest BCUT2D eigenvalue weighted by Gasteiger charge is 2.38. The van der Waals surface area contributed by atoms with Crippen LogP contribution < -0.4 is 11.1 Å². The molecule has 1 aliphatic carbocycles. The number of Topliss-reactive ketones (excluding diaryl/α,β-unsaturated/α-hetero) is 1. The van der Waals surface area contributed by atoms with Crippen molar-refractivity contribution in [2.45, 2.75) is 52.1 Å². The third kappa shape index (κ3) is 4.82. The minimum Gasteiger partial charge on any atom is -0.395 e. The number of fused-ring (bicyclic) bond motifs is 2. The number of carbonyl (C=O) groups is 1. The molecule has 200 valence electrons. The predicted molar refractivity (Wildman–Crippen MR) is 151 cm³/mol. The third-order valence-corrected chi connectivity index (χ3v) is 8.59. The van der Waals surface area contributed by atoms with Gasteiger partial charge < -0.3 is 21.3 Å². The fourth-order valence-corrected chi connectivity index (χ4v) is 5.71. The van der Waals surface area contributed by atoms with Crippen molar-refractivity contribution >= 4 is 44.1 Å². The summed E-state index contributed by atoms with van der Waals surface area (Å²) in [4.78, 5) is 22.1. The van der Waals surface area contributed by atoms with Gasteiger partial charge in [0.25, 0.3) is 0 Å². The van der Waals surface area contributed by atoms with Gasteiger partial charge in [0.1, 0.15) is 11.6 Å². The summed E-state index contributed by atoms with van der Waals surface area (Å²) in [6.45, 7) is 5.03. The number of aromatic nitrogens is 4. The number of aliphatic hydroxyl groups excluding tert-OH is 2. The molecule has 1 saturated carbocycles. The third-order valence-electron chi connectivity index (χ3n) is 7.77. The lowest BCUT2D eigenvalue weighted by Crippen LogP contribution is -2.45. The van der Waals surface area contributed by atoms with Crippen LogP contribution in [0.15, 0.2) is 41.1 Å². The van der Waals surface area contributed by atoms with Crippen molar-refractivity contribution < 1.29 is 15.0 Å². The summed E-state index contributed by atoms with van der Waals surface area (Å²) in [7, 11) is 0. The maximum Gasteiger partial charge on any atom is 0.165 e. The van der Waals surface area contributed by atoms with E-state index in [9.17, 15) is 15.0 Å². The SMILES string of the molecule is Cc1ccc2ncc(-c3cnn4c(N)c(Br)c(C(C)NC5CC(CC(=O)C(C)(CO)CO)C5)nc34)cc2c1. The first-order valence-corrected chi connectivity index (χ1v) is 13.6. The number of carbonyl (C=O) groups excluding carboxylic acids is 1. The van der Waals surface area contributed by atoms with E-state index in [-0.39, 0.29) is 37.0 Å². The number of halogens is 1. The van der Waals surface area contributed by atoms with Gasteiger partial charge in [0.05, 0.1) is 40.5 Å². The lowest BCUT2D eigenvalue weighted by atomic mass is 9.73. The van der Waals surface area contributed by atoms with E-state index in [1.807, 2.05) is 25.3 Å². The highest BCUT2D eigenvalue weighted by atomic mass is 79.9. The summed E-state index contributed by atoms with van der Waals surface area (Å²) >= 11 is 3.63. The normalized spacial score (nSPS) is 18.6. The van der Waals surface area contributed by atoms with Gasteiger partial charge in [0, 0.05) is 41.2 Å². The first-order chi connectivity index (χ1) is 18.1. The summed E-state index contributed by atoms with van der Waals surface area (Å²) in [5.41, 5.74) is 10.7. The molecule has 0 bridgehead atoms. The van der Waals surface area contributed by atoms with Crippen molar-refractivity contribution in [2.75, 3.05) is 18.9 Å². The molecule has 10 heteroatoms. The zero-order valence-electron chi connectivity index (χ0n) is 21.8. The molecule has 5 N–H and O–H groups in total. The largest absolute Gasteiger partial charge is 0.395 e. The topological polar surface area (TPSA) is 139 Å². The maximum atomic E-state index is 12.5. The number of ketones is 1. The van der Waals surface area contributed by atoms with Crippen molar-refractivity contribution in [3.8, 4) is 11.1 Å². The average Bonchev–Trinajstić information content (AvgIpc) is 3.32. The molecule has 1 aromatic carbocycles. The van der Waals surface area contributed by atoms with Crippen LogP contribution in [0.1, 0.15) is 50.4 Å². The molecular weight excluding hydrogens is 548 g/mol.